The fourth-order valence-corrected chi connectivity index (χ4v) is 5.49. The van der Waals surface area contributed by atoms with E-state index in [1.807, 2.05) is 4.90 Å². The lowest BCUT2D eigenvalue weighted by atomic mass is 9.93. The molecule has 0 aromatic heterocycles. The monoisotopic (exact) mass is 491 g/mol. The first-order valence-electron chi connectivity index (χ1n) is 11.4. The number of carbonyl (C=O) groups excluding carboxylic acids is 1. The van der Waals surface area contributed by atoms with Gasteiger partial charge in [-0.1, -0.05) is 11.6 Å². The molecule has 0 spiro atoms. The molecule has 2 heterocycles. The van der Waals surface area contributed by atoms with Crippen LogP contribution in [0.1, 0.15) is 29.6 Å². The Morgan fingerprint density at radius 1 is 0.970 bits per heavy atom. The maximum absolute atomic E-state index is 12.9. The Hall–Kier alpha value is -2.13. The molecule has 1 N–H and O–H groups in total. The first-order valence-corrected chi connectivity index (χ1v) is 13.2. The molecule has 2 aliphatic heterocycles. The average Bonchev–Trinajstić information content (AvgIpc) is 2.85. The largest absolute Gasteiger partial charge is 0.379 e. The van der Waals surface area contributed by atoms with Gasteiger partial charge >= 0.3 is 0 Å². The molecule has 2 saturated heterocycles. The van der Waals surface area contributed by atoms with Gasteiger partial charge in [-0.2, -0.15) is 0 Å². The van der Waals surface area contributed by atoms with Gasteiger partial charge in [0.25, 0.3) is 15.9 Å². The smallest absolute Gasteiger partial charge is 0.261 e. The number of anilines is 1. The maximum atomic E-state index is 12.9. The second-order valence-corrected chi connectivity index (χ2v) is 10.7. The molecule has 2 aliphatic rings. The average molecular weight is 492 g/mol. The normalized spacial score (nSPS) is 18.3. The number of rotatable bonds is 7. The number of nitrogens with one attached hydrogen (secondary N) is 1. The van der Waals surface area contributed by atoms with Gasteiger partial charge in [-0.15, -0.1) is 0 Å². The first-order chi connectivity index (χ1) is 15.9. The van der Waals surface area contributed by atoms with Crippen molar-refractivity contribution < 1.29 is 17.9 Å². The van der Waals surface area contributed by atoms with E-state index in [4.69, 9.17) is 16.3 Å². The number of piperidine rings is 1. The van der Waals surface area contributed by atoms with E-state index in [1.54, 1.807) is 36.4 Å². The second kappa shape index (κ2) is 10.9. The van der Waals surface area contributed by atoms with Crippen LogP contribution < -0.4 is 4.72 Å². The lowest BCUT2D eigenvalue weighted by Crippen LogP contribution is -2.40. The van der Waals surface area contributed by atoms with Gasteiger partial charge in [0.05, 0.1) is 18.1 Å². The zero-order valence-corrected chi connectivity index (χ0v) is 20.2. The van der Waals surface area contributed by atoms with E-state index in [0.29, 0.717) is 22.2 Å². The summed E-state index contributed by atoms with van der Waals surface area (Å²) in [5.41, 5.74) is 0.934. The van der Waals surface area contributed by atoms with E-state index in [2.05, 4.69) is 9.62 Å². The maximum Gasteiger partial charge on any atom is 0.261 e. The summed E-state index contributed by atoms with van der Waals surface area (Å²) >= 11 is 5.85. The highest BCUT2D eigenvalue weighted by molar-refractivity contribution is 7.92. The molecule has 9 heteroatoms. The number of morpholine rings is 1. The molecule has 4 rings (SSSR count). The van der Waals surface area contributed by atoms with E-state index in [9.17, 15) is 13.2 Å². The molecule has 0 radical (unpaired) electrons. The minimum atomic E-state index is -3.75. The number of likely N-dealkylation sites (tertiary alicyclic amines) is 1. The number of nitrogens with zero attached hydrogens (tertiary/aromatic N) is 2. The molecule has 0 bridgehead atoms. The summed E-state index contributed by atoms with van der Waals surface area (Å²) in [6.07, 6.45) is 3.18. The minimum Gasteiger partial charge on any atom is -0.379 e. The molecule has 0 atom stereocenters. The quantitative estimate of drug-likeness (QED) is 0.638. The minimum absolute atomic E-state index is 0.0452. The summed E-state index contributed by atoms with van der Waals surface area (Å²) < 4.78 is 33.2. The van der Waals surface area contributed by atoms with Crippen molar-refractivity contribution in [1.82, 2.24) is 9.80 Å². The molecule has 0 unspecified atom stereocenters. The lowest BCUT2D eigenvalue weighted by Gasteiger charge is -2.34. The number of benzene rings is 2. The van der Waals surface area contributed by atoms with E-state index in [1.165, 1.54) is 12.1 Å². The lowest BCUT2D eigenvalue weighted by molar-refractivity contribution is 0.0332. The first kappa shape index (κ1) is 24.0. The summed E-state index contributed by atoms with van der Waals surface area (Å²) in [5, 5.41) is 0.530. The summed E-state index contributed by atoms with van der Waals surface area (Å²) in [6.45, 7) is 6.25. The van der Waals surface area contributed by atoms with Gasteiger partial charge in [0.2, 0.25) is 0 Å². The van der Waals surface area contributed by atoms with Crippen molar-refractivity contribution in [2.24, 2.45) is 5.92 Å². The van der Waals surface area contributed by atoms with Gasteiger partial charge in [0.15, 0.2) is 0 Å². The summed E-state index contributed by atoms with van der Waals surface area (Å²) in [4.78, 5) is 17.4. The van der Waals surface area contributed by atoms with Crippen molar-refractivity contribution in [3.63, 3.8) is 0 Å². The Balaban J connectivity index is 1.28. The van der Waals surface area contributed by atoms with Gasteiger partial charge in [0, 0.05) is 42.5 Å². The van der Waals surface area contributed by atoms with Gasteiger partial charge < -0.3 is 9.64 Å². The van der Waals surface area contributed by atoms with Crippen LogP contribution in [0.5, 0.6) is 0 Å². The zero-order valence-electron chi connectivity index (χ0n) is 18.6. The zero-order chi connectivity index (χ0) is 23.3. The van der Waals surface area contributed by atoms with Crippen molar-refractivity contribution >= 4 is 33.2 Å². The van der Waals surface area contributed by atoms with E-state index < -0.39 is 10.0 Å². The van der Waals surface area contributed by atoms with Crippen LogP contribution in [-0.2, 0) is 14.8 Å². The molecule has 0 saturated carbocycles. The van der Waals surface area contributed by atoms with Crippen LogP contribution in [0.25, 0.3) is 0 Å². The Morgan fingerprint density at radius 2 is 1.61 bits per heavy atom. The Morgan fingerprint density at radius 3 is 2.24 bits per heavy atom. The number of ether oxygens (including phenoxy) is 1. The molecule has 33 heavy (non-hydrogen) atoms. The number of hydrogen-bond donors (Lipinski definition) is 1. The van der Waals surface area contributed by atoms with Crippen LogP contribution in [0.3, 0.4) is 0 Å². The summed E-state index contributed by atoms with van der Waals surface area (Å²) in [6, 6.07) is 12.6. The molecular formula is C24H30ClN3O4S. The van der Waals surface area contributed by atoms with Crippen LogP contribution in [0.2, 0.25) is 5.02 Å². The van der Waals surface area contributed by atoms with E-state index in [0.717, 1.165) is 65.2 Å². The standard InChI is InChI=1S/C24H30ClN3O4S/c25-21-3-5-22(6-4-21)26-33(30,31)23-7-1-20(2-8-23)24(29)28-13-10-19(11-14-28)9-12-27-15-17-32-18-16-27/h1-8,19,26H,9-18H2. The predicted molar refractivity (Wildman–Crippen MR) is 129 cm³/mol. The predicted octanol–water partition coefficient (Wildman–Crippen LogP) is 3.72. The third kappa shape index (κ3) is 6.47. The van der Waals surface area contributed by atoms with Crippen LogP contribution in [0.15, 0.2) is 53.4 Å². The van der Waals surface area contributed by atoms with Crippen molar-refractivity contribution in [3.8, 4) is 0 Å². The van der Waals surface area contributed by atoms with Crippen LogP contribution in [0, 0.1) is 5.92 Å². The van der Waals surface area contributed by atoms with Crippen molar-refractivity contribution in [2.75, 3.05) is 50.7 Å². The number of sulfonamides is 1. The van der Waals surface area contributed by atoms with E-state index >= 15 is 0 Å². The number of hydrogen-bond acceptors (Lipinski definition) is 5. The van der Waals surface area contributed by atoms with Crippen molar-refractivity contribution in [2.45, 2.75) is 24.2 Å². The van der Waals surface area contributed by atoms with Crippen LogP contribution in [0.4, 0.5) is 5.69 Å². The Kier molecular flexibility index (Phi) is 7.90. The molecule has 0 aliphatic carbocycles. The number of amides is 1. The molecular weight excluding hydrogens is 462 g/mol. The highest BCUT2D eigenvalue weighted by atomic mass is 35.5. The highest BCUT2D eigenvalue weighted by Crippen LogP contribution is 2.23. The molecule has 1 amide bonds. The molecule has 2 aromatic carbocycles. The third-order valence-electron chi connectivity index (χ3n) is 6.37. The molecule has 178 valence electrons. The van der Waals surface area contributed by atoms with Gasteiger partial charge in [-0.05, 0) is 80.3 Å². The van der Waals surface area contributed by atoms with Crippen LogP contribution in [-0.4, -0.2) is 70.1 Å². The highest BCUT2D eigenvalue weighted by Gasteiger charge is 2.25. The van der Waals surface area contributed by atoms with Crippen molar-refractivity contribution in [1.29, 1.82) is 0 Å². The summed E-state index contributed by atoms with van der Waals surface area (Å²) in [5.74, 6) is 0.597. The third-order valence-corrected chi connectivity index (χ3v) is 8.02. The van der Waals surface area contributed by atoms with E-state index in [-0.39, 0.29) is 10.8 Å². The SMILES string of the molecule is O=C(c1ccc(S(=O)(=O)Nc2ccc(Cl)cc2)cc1)N1CCC(CCN2CCOCC2)CC1. The number of carbonyl (C=O) groups is 1. The number of halogens is 1. The molecule has 2 fully saturated rings. The van der Waals surface area contributed by atoms with Gasteiger partial charge in [-0.3, -0.25) is 14.4 Å². The van der Waals surface area contributed by atoms with Crippen molar-refractivity contribution in [3.05, 3.63) is 59.1 Å². The van der Waals surface area contributed by atoms with Crippen LogP contribution >= 0.6 is 11.6 Å². The van der Waals surface area contributed by atoms with Gasteiger partial charge in [0.1, 0.15) is 0 Å². The van der Waals surface area contributed by atoms with Gasteiger partial charge in [-0.25, -0.2) is 8.42 Å². The fourth-order valence-electron chi connectivity index (χ4n) is 4.31. The topological polar surface area (TPSA) is 79.0 Å². The summed E-state index contributed by atoms with van der Waals surface area (Å²) in [7, 11) is -3.75. The molecule has 7 nitrogen and oxygen atoms in total. The second-order valence-electron chi connectivity index (χ2n) is 8.62. The Labute approximate surface area is 200 Å². The Bertz CT molecular complexity index is 1030. The molecule has 2 aromatic rings. The fraction of sp³-hybridized carbons (Fsp3) is 0.458.